The molecule has 0 amide bonds. The molecule has 0 radical (unpaired) electrons. The fraction of sp³-hybridized carbons (Fsp3) is 0.667. The maximum atomic E-state index is 3.72. The molecule has 19 heavy (non-hydrogen) atoms. The third kappa shape index (κ3) is 2.58. The number of benzene rings is 1. The Labute approximate surface area is 117 Å². The molecule has 0 saturated carbocycles. The Morgan fingerprint density at radius 1 is 1.21 bits per heavy atom. The average Bonchev–Trinajstić information content (AvgIpc) is 2.44. The molecule has 2 bridgehead atoms. The summed E-state index contributed by atoms with van der Waals surface area (Å²) >= 11 is 0. The molecule has 1 heteroatoms. The standard InChI is InChI=1S/C18H27N/c1-2-3-4-7-10-18-11-12-19-16(14-18)13-15-8-5-6-9-17(15)18/h5-6,8-9,16,19H,2-4,7,10-14H2,1H3/t16-,18-/m0/s1. The first-order valence-electron chi connectivity index (χ1n) is 8.16. The number of fused-ring (bicyclic) bond motifs is 4. The van der Waals surface area contributed by atoms with Crippen LogP contribution in [0.1, 0.15) is 63.0 Å². The second-order valence-electron chi connectivity index (χ2n) is 6.56. The Kier molecular flexibility index (Phi) is 3.93. The van der Waals surface area contributed by atoms with Gasteiger partial charge in [-0.25, -0.2) is 0 Å². The van der Waals surface area contributed by atoms with E-state index >= 15 is 0 Å². The van der Waals surface area contributed by atoms with E-state index in [-0.39, 0.29) is 0 Å². The second kappa shape index (κ2) is 5.66. The van der Waals surface area contributed by atoms with Gasteiger partial charge >= 0.3 is 0 Å². The van der Waals surface area contributed by atoms with Gasteiger partial charge in [-0.2, -0.15) is 0 Å². The summed E-state index contributed by atoms with van der Waals surface area (Å²) in [5, 5.41) is 3.72. The minimum atomic E-state index is 0.499. The van der Waals surface area contributed by atoms with Crippen LogP contribution in [0.5, 0.6) is 0 Å². The zero-order chi connectivity index (χ0) is 13.1. The molecule has 0 aromatic heterocycles. The molecule has 1 nitrogen and oxygen atoms in total. The van der Waals surface area contributed by atoms with Crippen LogP contribution in [0.3, 0.4) is 0 Å². The highest BCUT2D eigenvalue weighted by Crippen LogP contribution is 2.45. The van der Waals surface area contributed by atoms with E-state index in [0.29, 0.717) is 5.41 Å². The van der Waals surface area contributed by atoms with Crippen molar-refractivity contribution in [2.75, 3.05) is 6.54 Å². The molecule has 2 atom stereocenters. The van der Waals surface area contributed by atoms with Crippen molar-refractivity contribution < 1.29 is 0 Å². The first kappa shape index (κ1) is 13.2. The van der Waals surface area contributed by atoms with E-state index in [4.69, 9.17) is 0 Å². The summed E-state index contributed by atoms with van der Waals surface area (Å²) in [6.45, 7) is 3.52. The van der Waals surface area contributed by atoms with Gasteiger partial charge in [-0.1, -0.05) is 56.9 Å². The molecule has 3 rings (SSSR count). The van der Waals surface area contributed by atoms with Gasteiger partial charge in [-0.3, -0.25) is 0 Å². The fourth-order valence-electron chi connectivity index (χ4n) is 4.28. The summed E-state index contributed by atoms with van der Waals surface area (Å²) in [7, 11) is 0. The van der Waals surface area contributed by atoms with Crippen LogP contribution in [0.25, 0.3) is 0 Å². The van der Waals surface area contributed by atoms with Gasteiger partial charge in [-0.05, 0) is 48.8 Å². The Bertz CT molecular complexity index is 425. The van der Waals surface area contributed by atoms with Gasteiger partial charge in [0.05, 0.1) is 0 Å². The predicted molar refractivity (Wildman–Crippen MR) is 81.6 cm³/mol. The van der Waals surface area contributed by atoms with E-state index < -0.39 is 0 Å². The molecule has 1 aromatic rings. The molecule has 104 valence electrons. The third-order valence-electron chi connectivity index (χ3n) is 5.24. The van der Waals surface area contributed by atoms with Gasteiger partial charge in [0, 0.05) is 6.04 Å². The van der Waals surface area contributed by atoms with Crippen LogP contribution in [-0.2, 0) is 11.8 Å². The van der Waals surface area contributed by atoms with Crippen molar-refractivity contribution in [3.05, 3.63) is 35.4 Å². The van der Waals surface area contributed by atoms with E-state index in [0.717, 1.165) is 6.04 Å². The maximum absolute atomic E-state index is 3.72. The van der Waals surface area contributed by atoms with Gasteiger partial charge < -0.3 is 5.32 Å². The van der Waals surface area contributed by atoms with Crippen LogP contribution < -0.4 is 5.32 Å². The van der Waals surface area contributed by atoms with Crippen molar-refractivity contribution in [3.8, 4) is 0 Å². The Morgan fingerprint density at radius 3 is 3.00 bits per heavy atom. The number of unbranched alkanes of at least 4 members (excludes halogenated alkanes) is 3. The Balaban J connectivity index is 1.81. The zero-order valence-electron chi connectivity index (χ0n) is 12.3. The van der Waals surface area contributed by atoms with Gasteiger partial charge in [0.1, 0.15) is 0 Å². The van der Waals surface area contributed by atoms with Crippen molar-refractivity contribution in [2.24, 2.45) is 0 Å². The van der Waals surface area contributed by atoms with Crippen LogP contribution in [0.2, 0.25) is 0 Å². The largest absolute Gasteiger partial charge is 0.314 e. The molecule has 1 N–H and O–H groups in total. The lowest BCUT2D eigenvalue weighted by molar-refractivity contribution is 0.211. The molecule has 2 aliphatic rings. The van der Waals surface area contributed by atoms with Gasteiger partial charge in [-0.15, -0.1) is 0 Å². The summed E-state index contributed by atoms with van der Waals surface area (Å²) in [5.41, 5.74) is 3.80. The molecule has 1 aliphatic heterocycles. The number of hydrogen-bond donors (Lipinski definition) is 1. The quantitative estimate of drug-likeness (QED) is 0.779. The molecule has 1 fully saturated rings. The van der Waals surface area contributed by atoms with Crippen LogP contribution in [0, 0.1) is 0 Å². The summed E-state index contributed by atoms with van der Waals surface area (Å²) < 4.78 is 0. The lowest BCUT2D eigenvalue weighted by Crippen LogP contribution is -2.50. The van der Waals surface area contributed by atoms with Crippen molar-refractivity contribution in [3.63, 3.8) is 0 Å². The predicted octanol–water partition coefficient (Wildman–Crippen LogP) is 4.20. The molecule has 0 unspecified atom stereocenters. The highest BCUT2D eigenvalue weighted by atomic mass is 14.9. The number of rotatable bonds is 5. The van der Waals surface area contributed by atoms with Crippen molar-refractivity contribution >= 4 is 0 Å². The van der Waals surface area contributed by atoms with Crippen molar-refractivity contribution in [2.45, 2.75) is 69.7 Å². The summed E-state index contributed by atoms with van der Waals surface area (Å²) in [6.07, 6.45) is 10.9. The number of hydrogen-bond acceptors (Lipinski definition) is 1. The van der Waals surface area contributed by atoms with Gasteiger partial charge in [0.2, 0.25) is 0 Å². The first-order chi connectivity index (χ1) is 9.34. The smallest absolute Gasteiger partial charge is 0.0116 e. The lowest BCUT2D eigenvalue weighted by atomic mass is 9.62. The van der Waals surface area contributed by atoms with Crippen LogP contribution in [-0.4, -0.2) is 12.6 Å². The number of nitrogens with one attached hydrogen (secondary N) is 1. The normalized spacial score (nSPS) is 29.0. The van der Waals surface area contributed by atoms with Gasteiger partial charge in [0.15, 0.2) is 0 Å². The Morgan fingerprint density at radius 2 is 2.11 bits per heavy atom. The van der Waals surface area contributed by atoms with E-state index in [1.54, 1.807) is 11.1 Å². The van der Waals surface area contributed by atoms with E-state index in [2.05, 4.69) is 36.5 Å². The summed E-state index contributed by atoms with van der Waals surface area (Å²) in [4.78, 5) is 0. The highest BCUT2D eigenvalue weighted by molar-refractivity contribution is 5.39. The van der Waals surface area contributed by atoms with Crippen LogP contribution in [0.15, 0.2) is 24.3 Å². The van der Waals surface area contributed by atoms with Crippen molar-refractivity contribution in [1.82, 2.24) is 5.32 Å². The van der Waals surface area contributed by atoms with Gasteiger partial charge in [0.25, 0.3) is 0 Å². The molecule has 0 spiro atoms. The molecule has 1 aliphatic carbocycles. The van der Waals surface area contributed by atoms with Crippen molar-refractivity contribution in [1.29, 1.82) is 0 Å². The third-order valence-corrected chi connectivity index (χ3v) is 5.24. The molecule has 1 heterocycles. The van der Waals surface area contributed by atoms with E-state index in [9.17, 15) is 0 Å². The lowest BCUT2D eigenvalue weighted by Gasteiger charge is -2.47. The monoisotopic (exact) mass is 257 g/mol. The van der Waals surface area contributed by atoms with Crippen LogP contribution >= 0.6 is 0 Å². The minimum Gasteiger partial charge on any atom is -0.314 e. The Hall–Kier alpha value is -0.820. The average molecular weight is 257 g/mol. The van der Waals surface area contributed by atoms with E-state index in [1.807, 2.05) is 0 Å². The molecule has 1 aromatic carbocycles. The highest BCUT2D eigenvalue weighted by Gasteiger charge is 2.41. The maximum Gasteiger partial charge on any atom is 0.0116 e. The minimum absolute atomic E-state index is 0.499. The zero-order valence-corrected chi connectivity index (χ0v) is 12.3. The second-order valence-corrected chi connectivity index (χ2v) is 6.56. The number of piperidine rings is 1. The summed E-state index contributed by atoms with van der Waals surface area (Å²) in [5.74, 6) is 0. The molecule has 1 saturated heterocycles. The molecular weight excluding hydrogens is 230 g/mol. The fourth-order valence-corrected chi connectivity index (χ4v) is 4.28. The topological polar surface area (TPSA) is 12.0 Å². The SMILES string of the molecule is CCCCCC[C@@]12CCN[C@@H](Cc3ccccc31)C2. The van der Waals surface area contributed by atoms with E-state index in [1.165, 1.54) is 57.9 Å². The summed E-state index contributed by atoms with van der Waals surface area (Å²) in [6, 6.07) is 9.96. The molecular formula is C18H27N. The van der Waals surface area contributed by atoms with Crippen LogP contribution in [0.4, 0.5) is 0 Å². The first-order valence-corrected chi connectivity index (χ1v) is 8.16.